The van der Waals surface area contributed by atoms with E-state index in [-0.39, 0.29) is 12.6 Å². The number of nitrogens with zero attached hydrogens (tertiary/aromatic N) is 2. The van der Waals surface area contributed by atoms with Crippen molar-refractivity contribution in [3.05, 3.63) is 0 Å². The summed E-state index contributed by atoms with van der Waals surface area (Å²) in [7, 11) is 1.75. The lowest BCUT2D eigenvalue weighted by Crippen LogP contribution is -2.42. The maximum Gasteiger partial charge on any atom is 0.410 e. The van der Waals surface area contributed by atoms with E-state index in [2.05, 4.69) is 0 Å². The van der Waals surface area contributed by atoms with Gasteiger partial charge in [-0.05, 0) is 52.6 Å². The summed E-state index contributed by atoms with van der Waals surface area (Å²) in [4.78, 5) is 26.0. The molecule has 6 nitrogen and oxygen atoms in total. The van der Waals surface area contributed by atoms with Crippen molar-refractivity contribution in [2.75, 3.05) is 33.2 Å². The molecule has 1 aliphatic rings. The summed E-state index contributed by atoms with van der Waals surface area (Å²) in [6, 6.07) is 0. The normalized spacial score (nSPS) is 17.8. The Hall–Kier alpha value is -1.30. The maximum absolute atomic E-state index is 11.9. The van der Waals surface area contributed by atoms with Crippen LogP contribution in [0, 0.1) is 5.92 Å². The zero-order chi connectivity index (χ0) is 15.3. The van der Waals surface area contributed by atoms with Crippen LogP contribution in [0.3, 0.4) is 0 Å². The molecule has 1 fully saturated rings. The number of hydrogen-bond donors (Lipinski definition) is 1. The largest absolute Gasteiger partial charge is 0.480 e. The van der Waals surface area contributed by atoms with Gasteiger partial charge in [0.05, 0.1) is 6.54 Å². The summed E-state index contributed by atoms with van der Waals surface area (Å²) in [6.45, 7) is 7.87. The number of carboxylic acids is 1. The number of carbonyl (C=O) groups is 2. The number of piperidine rings is 1. The highest BCUT2D eigenvalue weighted by Gasteiger charge is 2.25. The smallest absolute Gasteiger partial charge is 0.410 e. The van der Waals surface area contributed by atoms with Crippen LogP contribution in [-0.2, 0) is 9.53 Å². The fraction of sp³-hybridized carbons (Fsp3) is 0.857. The van der Waals surface area contributed by atoms with E-state index in [1.807, 2.05) is 25.7 Å². The lowest BCUT2D eigenvalue weighted by Gasteiger charge is -2.33. The van der Waals surface area contributed by atoms with Crippen LogP contribution < -0.4 is 0 Å². The Bertz CT molecular complexity index is 344. The molecule has 0 radical (unpaired) electrons. The Kier molecular flexibility index (Phi) is 5.80. The molecule has 1 N–H and O–H groups in total. The zero-order valence-corrected chi connectivity index (χ0v) is 12.9. The first kappa shape index (κ1) is 16.8. The Balaban J connectivity index is 2.32. The number of rotatable bonds is 4. The van der Waals surface area contributed by atoms with Gasteiger partial charge in [-0.25, -0.2) is 4.79 Å². The fourth-order valence-corrected chi connectivity index (χ4v) is 2.32. The molecule has 20 heavy (non-hydrogen) atoms. The molecule has 0 unspecified atom stereocenters. The van der Waals surface area contributed by atoms with Crippen LogP contribution in [0.4, 0.5) is 4.79 Å². The SMILES string of the molecule is CN(CC1CCN(CC(=O)O)CC1)C(=O)OC(C)(C)C. The van der Waals surface area contributed by atoms with E-state index in [1.54, 1.807) is 11.9 Å². The van der Waals surface area contributed by atoms with Gasteiger partial charge in [-0.15, -0.1) is 0 Å². The molecule has 0 aromatic rings. The second-order valence-corrected chi connectivity index (χ2v) is 6.47. The molecule has 0 aromatic heterocycles. The minimum Gasteiger partial charge on any atom is -0.480 e. The standard InChI is InChI=1S/C14H26N2O4/c1-14(2,3)20-13(19)15(4)9-11-5-7-16(8-6-11)10-12(17)18/h11H,5-10H2,1-4H3,(H,17,18). The van der Waals surface area contributed by atoms with Crippen molar-refractivity contribution in [1.82, 2.24) is 9.80 Å². The fourth-order valence-electron chi connectivity index (χ4n) is 2.32. The lowest BCUT2D eigenvalue weighted by molar-refractivity contribution is -0.138. The second-order valence-electron chi connectivity index (χ2n) is 6.47. The summed E-state index contributed by atoms with van der Waals surface area (Å²) in [5.41, 5.74) is -0.476. The molecular formula is C14H26N2O4. The summed E-state index contributed by atoms with van der Waals surface area (Å²) in [6.07, 6.45) is 1.53. The Morgan fingerprint density at radius 1 is 1.30 bits per heavy atom. The number of hydrogen-bond acceptors (Lipinski definition) is 4. The minimum atomic E-state index is -0.783. The van der Waals surface area contributed by atoms with Gasteiger partial charge in [-0.3, -0.25) is 9.69 Å². The molecule has 0 aromatic carbocycles. The van der Waals surface area contributed by atoms with E-state index < -0.39 is 11.6 Å². The predicted octanol–water partition coefficient (Wildman–Crippen LogP) is 1.65. The van der Waals surface area contributed by atoms with E-state index >= 15 is 0 Å². The summed E-state index contributed by atoms with van der Waals surface area (Å²) < 4.78 is 5.31. The number of likely N-dealkylation sites (tertiary alicyclic amines) is 1. The van der Waals surface area contributed by atoms with E-state index in [4.69, 9.17) is 9.84 Å². The van der Waals surface area contributed by atoms with Crippen molar-refractivity contribution in [3.63, 3.8) is 0 Å². The van der Waals surface area contributed by atoms with E-state index in [0.717, 1.165) is 25.9 Å². The third kappa shape index (κ3) is 6.23. The van der Waals surface area contributed by atoms with Crippen LogP contribution in [0.25, 0.3) is 0 Å². The van der Waals surface area contributed by atoms with Gasteiger partial charge < -0.3 is 14.7 Å². The van der Waals surface area contributed by atoms with Gasteiger partial charge in [-0.1, -0.05) is 0 Å². The quantitative estimate of drug-likeness (QED) is 0.851. The van der Waals surface area contributed by atoms with E-state index in [9.17, 15) is 9.59 Å². The van der Waals surface area contributed by atoms with Crippen LogP contribution in [0.2, 0.25) is 0 Å². The molecule has 0 saturated carbocycles. The van der Waals surface area contributed by atoms with Crippen molar-refractivity contribution < 1.29 is 19.4 Å². The van der Waals surface area contributed by atoms with Crippen molar-refractivity contribution in [2.45, 2.75) is 39.2 Å². The van der Waals surface area contributed by atoms with E-state index in [0.29, 0.717) is 12.5 Å². The lowest BCUT2D eigenvalue weighted by atomic mass is 9.96. The summed E-state index contributed by atoms with van der Waals surface area (Å²) in [5, 5.41) is 8.75. The van der Waals surface area contributed by atoms with Gasteiger partial charge in [-0.2, -0.15) is 0 Å². The Labute approximate surface area is 120 Å². The van der Waals surface area contributed by atoms with Gasteiger partial charge in [0.2, 0.25) is 0 Å². The molecule has 1 rings (SSSR count). The van der Waals surface area contributed by atoms with Crippen LogP contribution in [-0.4, -0.2) is 65.8 Å². The number of amides is 1. The number of aliphatic carboxylic acids is 1. The monoisotopic (exact) mass is 286 g/mol. The number of carboxylic acid groups (broad SMARTS) is 1. The van der Waals surface area contributed by atoms with Crippen molar-refractivity contribution >= 4 is 12.1 Å². The average molecular weight is 286 g/mol. The first-order valence-electron chi connectivity index (χ1n) is 7.05. The van der Waals surface area contributed by atoms with Crippen LogP contribution >= 0.6 is 0 Å². The molecule has 0 spiro atoms. The average Bonchev–Trinajstić information content (AvgIpc) is 2.28. The molecule has 1 heterocycles. The third-order valence-electron chi connectivity index (χ3n) is 3.30. The molecule has 0 bridgehead atoms. The van der Waals surface area contributed by atoms with Crippen molar-refractivity contribution in [2.24, 2.45) is 5.92 Å². The molecule has 1 saturated heterocycles. The molecule has 0 atom stereocenters. The van der Waals surface area contributed by atoms with Gasteiger partial charge in [0.15, 0.2) is 0 Å². The zero-order valence-electron chi connectivity index (χ0n) is 12.9. The molecule has 1 aliphatic heterocycles. The molecule has 116 valence electrons. The van der Waals surface area contributed by atoms with Crippen LogP contribution in [0.15, 0.2) is 0 Å². The second kappa shape index (κ2) is 6.92. The Morgan fingerprint density at radius 2 is 1.85 bits per heavy atom. The van der Waals surface area contributed by atoms with Gasteiger partial charge in [0.1, 0.15) is 5.60 Å². The van der Waals surface area contributed by atoms with Crippen molar-refractivity contribution in [3.8, 4) is 0 Å². The molecule has 1 amide bonds. The van der Waals surface area contributed by atoms with Gasteiger partial charge in [0, 0.05) is 13.6 Å². The van der Waals surface area contributed by atoms with Crippen LogP contribution in [0.1, 0.15) is 33.6 Å². The molecule has 6 heteroatoms. The van der Waals surface area contributed by atoms with Gasteiger partial charge >= 0.3 is 12.1 Å². The highest BCUT2D eigenvalue weighted by Crippen LogP contribution is 2.19. The number of ether oxygens (including phenoxy) is 1. The topological polar surface area (TPSA) is 70.1 Å². The first-order valence-corrected chi connectivity index (χ1v) is 7.05. The number of carbonyl (C=O) groups excluding carboxylic acids is 1. The Morgan fingerprint density at radius 3 is 2.30 bits per heavy atom. The summed E-state index contributed by atoms with van der Waals surface area (Å²) in [5.74, 6) is -0.369. The predicted molar refractivity (Wildman–Crippen MR) is 75.7 cm³/mol. The molecule has 0 aliphatic carbocycles. The minimum absolute atomic E-state index is 0.106. The van der Waals surface area contributed by atoms with Crippen LogP contribution in [0.5, 0.6) is 0 Å². The van der Waals surface area contributed by atoms with Gasteiger partial charge in [0.25, 0.3) is 0 Å². The highest BCUT2D eigenvalue weighted by molar-refractivity contribution is 5.69. The third-order valence-corrected chi connectivity index (χ3v) is 3.30. The first-order chi connectivity index (χ1) is 9.17. The summed E-state index contributed by atoms with van der Waals surface area (Å²) >= 11 is 0. The molecular weight excluding hydrogens is 260 g/mol. The van der Waals surface area contributed by atoms with E-state index in [1.165, 1.54) is 0 Å². The van der Waals surface area contributed by atoms with Crippen molar-refractivity contribution in [1.29, 1.82) is 0 Å². The maximum atomic E-state index is 11.9. The highest BCUT2D eigenvalue weighted by atomic mass is 16.6.